The lowest BCUT2D eigenvalue weighted by atomic mass is 9.94. The zero-order valence-electron chi connectivity index (χ0n) is 9.78. The molecule has 3 nitrogen and oxygen atoms in total. The average molecular weight is 212 g/mol. The van der Waals surface area contributed by atoms with Crippen LogP contribution in [0.3, 0.4) is 0 Å². The minimum Gasteiger partial charge on any atom is -0.313 e. The summed E-state index contributed by atoms with van der Waals surface area (Å²) in [5.74, 6) is 0. The topological polar surface area (TPSA) is 35.5 Å². The summed E-state index contributed by atoms with van der Waals surface area (Å²) in [6.07, 6.45) is 7.97. The van der Waals surface area contributed by atoms with Crippen LogP contribution in [0.5, 0.6) is 0 Å². The van der Waals surface area contributed by atoms with E-state index in [9.17, 15) is 5.21 Å². The van der Waals surface area contributed by atoms with E-state index < -0.39 is 0 Å². The van der Waals surface area contributed by atoms with Crippen LogP contribution in [0.25, 0.3) is 0 Å². The number of hydroxylamine groups is 2. The molecule has 0 heterocycles. The molecule has 1 unspecified atom stereocenters. The van der Waals surface area contributed by atoms with E-state index in [1.54, 1.807) is 5.06 Å². The van der Waals surface area contributed by atoms with Gasteiger partial charge in [-0.05, 0) is 19.8 Å². The van der Waals surface area contributed by atoms with Gasteiger partial charge in [0.05, 0.1) is 0 Å². The van der Waals surface area contributed by atoms with E-state index in [4.69, 9.17) is 0 Å². The molecule has 2 N–H and O–H groups in total. The molecule has 1 aliphatic rings. The van der Waals surface area contributed by atoms with Crippen LogP contribution in [-0.4, -0.2) is 35.4 Å². The van der Waals surface area contributed by atoms with Crippen LogP contribution >= 0.6 is 0 Å². The van der Waals surface area contributed by atoms with Crippen molar-refractivity contribution in [3.63, 3.8) is 0 Å². The highest BCUT2D eigenvalue weighted by molar-refractivity contribution is 4.77. The lowest BCUT2D eigenvalue weighted by Crippen LogP contribution is -2.45. The molecule has 0 spiro atoms. The van der Waals surface area contributed by atoms with Crippen LogP contribution in [0.2, 0.25) is 0 Å². The number of rotatable bonds is 6. The molecular weight excluding hydrogens is 188 g/mol. The lowest BCUT2D eigenvalue weighted by Gasteiger charge is -2.33. The number of hydrogen-bond acceptors (Lipinski definition) is 3. The van der Waals surface area contributed by atoms with E-state index in [2.05, 4.69) is 18.8 Å². The molecule has 0 aliphatic heterocycles. The van der Waals surface area contributed by atoms with Crippen molar-refractivity contribution < 1.29 is 5.21 Å². The summed E-state index contributed by atoms with van der Waals surface area (Å²) in [5, 5.41) is 14.8. The van der Waals surface area contributed by atoms with Gasteiger partial charge in [-0.1, -0.05) is 25.3 Å². The predicted molar refractivity (Wildman–Crippen MR) is 63.0 cm³/mol. The first-order valence-electron chi connectivity index (χ1n) is 6.04. The SMILES string of the molecule is C=CCNCC(C)N(O)C1CCCCC1. The Balaban J connectivity index is 2.23. The van der Waals surface area contributed by atoms with Gasteiger partial charge in [0.15, 0.2) is 0 Å². The molecule has 1 rings (SSSR count). The summed E-state index contributed by atoms with van der Waals surface area (Å²) in [6, 6.07) is 0.562. The Kier molecular flexibility index (Phi) is 5.91. The number of nitrogens with zero attached hydrogens (tertiary/aromatic N) is 1. The zero-order chi connectivity index (χ0) is 11.1. The summed E-state index contributed by atoms with van der Waals surface area (Å²) in [7, 11) is 0. The molecule has 1 atom stereocenters. The van der Waals surface area contributed by atoms with Gasteiger partial charge in [0.25, 0.3) is 0 Å². The average Bonchev–Trinajstić information content (AvgIpc) is 2.29. The largest absolute Gasteiger partial charge is 0.313 e. The summed E-state index contributed by atoms with van der Waals surface area (Å²) in [5.41, 5.74) is 0. The van der Waals surface area contributed by atoms with Gasteiger partial charge in [0.1, 0.15) is 0 Å². The first-order chi connectivity index (χ1) is 7.25. The molecule has 0 saturated heterocycles. The fraction of sp³-hybridized carbons (Fsp3) is 0.833. The highest BCUT2D eigenvalue weighted by Crippen LogP contribution is 2.22. The number of hydrogen-bond donors (Lipinski definition) is 2. The second-order valence-electron chi connectivity index (χ2n) is 4.47. The maximum absolute atomic E-state index is 10.0. The van der Waals surface area contributed by atoms with Crippen molar-refractivity contribution in [1.29, 1.82) is 0 Å². The second kappa shape index (κ2) is 6.99. The van der Waals surface area contributed by atoms with Crippen LogP contribution < -0.4 is 5.32 Å². The Morgan fingerprint density at radius 2 is 2.13 bits per heavy atom. The Bertz CT molecular complexity index is 178. The smallest absolute Gasteiger partial charge is 0.0449 e. The lowest BCUT2D eigenvalue weighted by molar-refractivity contribution is -0.161. The molecule has 0 aromatic carbocycles. The maximum atomic E-state index is 10.0. The van der Waals surface area contributed by atoms with Crippen molar-refractivity contribution in [3.8, 4) is 0 Å². The van der Waals surface area contributed by atoms with Gasteiger partial charge in [0, 0.05) is 25.2 Å². The van der Waals surface area contributed by atoms with E-state index in [1.807, 2.05) is 6.08 Å². The first kappa shape index (κ1) is 12.7. The van der Waals surface area contributed by atoms with Crippen molar-refractivity contribution in [2.24, 2.45) is 0 Å². The van der Waals surface area contributed by atoms with Crippen LogP contribution in [0.4, 0.5) is 0 Å². The zero-order valence-corrected chi connectivity index (χ0v) is 9.78. The second-order valence-corrected chi connectivity index (χ2v) is 4.47. The third-order valence-corrected chi connectivity index (χ3v) is 3.13. The molecule has 0 aromatic heterocycles. The Labute approximate surface area is 93.1 Å². The van der Waals surface area contributed by atoms with Crippen LogP contribution in [0, 0.1) is 0 Å². The van der Waals surface area contributed by atoms with E-state index in [0.29, 0.717) is 6.04 Å². The molecule has 0 bridgehead atoms. The maximum Gasteiger partial charge on any atom is 0.0449 e. The van der Waals surface area contributed by atoms with E-state index in [1.165, 1.54) is 19.3 Å². The molecule has 0 aromatic rings. The highest BCUT2D eigenvalue weighted by atomic mass is 16.5. The molecule has 15 heavy (non-hydrogen) atoms. The van der Waals surface area contributed by atoms with Gasteiger partial charge >= 0.3 is 0 Å². The third-order valence-electron chi connectivity index (χ3n) is 3.13. The molecule has 1 saturated carbocycles. The molecular formula is C12H24N2O. The standard InChI is InChI=1S/C12H24N2O/c1-3-9-13-10-11(2)14(15)12-7-5-4-6-8-12/h3,11-13,15H,1,4-10H2,2H3. The van der Waals surface area contributed by atoms with Crippen molar-refractivity contribution in [1.82, 2.24) is 10.4 Å². The molecule has 1 fully saturated rings. The van der Waals surface area contributed by atoms with Crippen molar-refractivity contribution in [2.45, 2.75) is 51.1 Å². The van der Waals surface area contributed by atoms with Crippen LogP contribution in [0.1, 0.15) is 39.0 Å². The predicted octanol–water partition coefficient (Wildman–Crippen LogP) is 2.17. The summed E-state index contributed by atoms with van der Waals surface area (Å²) in [4.78, 5) is 0. The van der Waals surface area contributed by atoms with E-state index in [0.717, 1.165) is 25.9 Å². The van der Waals surface area contributed by atoms with Gasteiger partial charge in [-0.2, -0.15) is 5.06 Å². The Hall–Kier alpha value is -0.380. The fourth-order valence-corrected chi connectivity index (χ4v) is 2.19. The molecule has 3 heteroatoms. The molecule has 0 radical (unpaired) electrons. The monoisotopic (exact) mass is 212 g/mol. The normalized spacial score (nSPS) is 20.5. The van der Waals surface area contributed by atoms with Gasteiger partial charge < -0.3 is 10.5 Å². The van der Waals surface area contributed by atoms with E-state index >= 15 is 0 Å². The summed E-state index contributed by atoms with van der Waals surface area (Å²) in [6.45, 7) is 7.34. The number of nitrogens with one attached hydrogen (secondary N) is 1. The molecule has 0 amide bonds. The van der Waals surface area contributed by atoms with Crippen molar-refractivity contribution in [3.05, 3.63) is 12.7 Å². The Morgan fingerprint density at radius 1 is 1.47 bits per heavy atom. The van der Waals surface area contributed by atoms with Crippen LogP contribution in [-0.2, 0) is 0 Å². The molecule has 1 aliphatic carbocycles. The van der Waals surface area contributed by atoms with Gasteiger partial charge in [0.2, 0.25) is 0 Å². The van der Waals surface area contributed by atoms with E-state index in [-0.39, 0.29) is 6.04 Å². The first-order valence-corrected chi connectivity index (χ1v) is 6.04. The fourth-order valence-electron chi connectivity index (χ4n) is 2.19. The Morgan fingerprint density at radius 3 is 2.73 bits per heavy atom. The van der Waals surface area contributed by atoms with Crippen molar-refractivity contribution >= 4 is 0 Å². The minimum atomic E-state index is 0.188. The van der Waals surface area contributed by atoms with Gasteiger partial charge in [-0.3, -0.25) is 0 Å². The van der Waals surface area contributed by atoms with Crippen LogP contribution in [0.15, 0.2) is 12.7 Å². The third kappa shape index (κ3) is 4.33. The highest BCUT2D eigenvalue weighted by Gasteiger charge is 2.23. The van der Waals surface area contributed by atoms with Crippen molar-refractivity contribution in [2.75, 3.05) is 13.1 Å². The van der Waals surface area contributed by atoms with Gasteiger partial charge in [-0.25, -0.2) is 0 Å². The molecule has 88 valence electrons. The quantitative estimate of drug-likeness (QED) is 0.402. The van der Waals surface area contributed by atoms with Gasteiger partial charge in [-0.15, -0.1) is 6.58 Å². The summed E-state index contributed by atoms with van der Waals surface area (Å²) >= 11 is 0. The minimum absolute atomic E-state index is 0.188. The summed E-state index contributed by atoms with van der Waals surface area (Å²) < 4.78 is 0.